The van der Waals surface area contributed by atoms with Crippen molar-refractivity contribution in [2.75, 3.05) is 39.8 Å². The zero-order chi connectivity index (χ0) is 41.1. The molecule has 3 rings (SSSR count). The number of nitrogens with zero attached hydrogens (tertiary/aromatic N) is 3. The lowest BCUT2D eigenvalue weighted by Gasteiger charge is -2.33. The molecule has 0 aliphatic carbocycles. The lowest BCUT2D eigenvalue weighted by atomic mass is 10.1. The molecule has 308 valence electrons. The maximum absolute atomic E-state index is 13.6. The quantitative estimate of drug-likeness (QED) is 0.0668. The monoisotopic (exact) mass is 780 g/mol. The van der Waals surface area contributed by atoms with Gasteiger partial charge < -0.3 is 62.5 Å². The minimum Gasteiger partial charge on any atom is -0.394 e. The molecule has 55 heavy (non-hydrogen) atoms. The van der Waals surface area contributed by atoms with E-state index in [0.717, 1.165) is 0 Å². The summed E-state index contributed by atoms with van der Waals surface area (Å²) >= 11 is 0. The van der Waals surface area contributed by atoms with Gasteiger partial charge in [-0.3, -0.25) is 43.2 Å². The van der Waals surface area contributed by atoms with Gasteiger partial charge in [-0.15, -0.1) is 0 Å². The first-order valence-electron chi connectivity index (χ1n) is 18.6. The molecule has 0 spiro atoms. The number of amides is 9. The average Bonchev–Trinajstić information content (AvgIpc) is 3.95. The summed E-state index contributed by atoms with van der Waals surface area (Å²) < 4.78 is 0. The highest BCUT2D eigenvalue weighted by molar-refractivity contribution is 5.98. The Kier molecular flexibility index (Phi) is 16.3. The molecule has 3 heterocycles. The number of rotatable bonds is 17. The normalized spacial score (nSPS) is 22.7. The number of likely N-dealkylation sites (N-methyl/N-ethyl adjacent to an activating group) is 1. The van der Waals surface area contributed by atoms with Crippen molar-refractivity contribution in [2.24, 2.45) is 5.73 Å². The van der Waals surface area contributed by atoms with E-state index in [1.165, 1.54) is 35.5 Å². The van der Waals surface area contributed by atoms with Crippen molar-refractivity contribution in [1.29, 1.82) is 0 Å². The molecule has 0 bridgehead atoms. The highest BCUT2D eigenvalue weighted by Crippen LogP contribution is 2.26. The van der Waals surface area contributed by atoms with Crippen LogP contribution in [-0.4, -0.2) is 172 Å². The molecule has 3 aliphatic heterocycles. The van der Waals surface area contributed by atoms with Crippen LogP contribution in [0.4, 0.5) is 0 Å². The molecular formula is C34H56N10O11. The summed E-state index contributed by atoms with van der Waals surface area (Å²) in [4.78, 5) is 120. The van der Waals surface area contributed by atoms with Gasteiger partial charge in [0.05, 0.1) is 25.3 Å². The number of carbonyl (C=O) groups is 9. The van der Waals surface area contributed by atoms with Gasteiger partial charge in [-0.05, 0) is 73.3 Å². The van der Waals surface area contributed by atoms with Crippen LogP contribution in [0.5, 0.6) is 0 Å². The highest BCUT2D eigenvalue weighted by Gasteiger charge is 2.44. The Balaban J connectivity index is 1.56. The fraction of sp³-hybridized carbons (Fsp3) is 0.735. The maximum atomic E-state index is 13.6. The number of nitrogens with one attached hydrogen (secondary N) is 6. The van der Waals surface area contributed by atoms with E-state index in [2.05, 4.69) is 31.9 Å². The molecule has 3 fully saturated rings. The summed E-state index contributed by atoms with van der Waals surface area (Å²) in [6.07, 6.45) is 1.19. The zero-order valence-corrected chi connectivity index (χ0v) is 32.0. The SMILES string of the molecule is CNC(C)C(=O)N1CCCC1C(=O)NCC(=O)NC(CO)C(=O)NC(C(=O)NC(C)C(=O)N1CCCC1C(=O)N1CCCC1C(=O)NC(C)C(N)=O)C(C)O. The zero-order valence-electron chi connectivity index (χ0n) is 32.0. The predicted molar refractivity (Wildman–Crippen MR) is 193 cm³/mol. The van der Waals surface area contributed by atoms with Gasteiger partial charge in [-0.2, -0.15) is 0 Å². The van der Waals surface area contributed by atoms with Crippen LogP contribution in [-0.2, 0) is 43.2 Å². The molecule has 3 saturated heterocycles. The van der Waals surface area contributed by atoms with Crippen LogP contribution >= 0.6 is 0 Å². The maximum Gasteiger partial charge on any atom is 0.246 e. The lowest BCUT2D eigenvalue weighted by Crippen LogP contribution is -2.61. The van der Waals surface area contributed by atoms with Crippen LogP contribution in [0.2, 0.25) is 0 Å². The average molecular weight is 781 g/mol. The van der Waals surface area contributed by atoms with Crippen LogP contribution in [0.25, 0.3) is 0 Å². The first-order chi connectivity index (χ1) is 25.9. The number of likely N-dealkylation sites (tertiary alicyclic amines) is 3. The highest BCUT2D eigenvalue weighted by atomic mass is 16.3. The van der Waals surface area contributed by atoms with Gasteiger partial charge in [0.15, 0.2) is 0 Å². The second-order valence-corrected chi connectivity index (χ2v) is 14.2. The minimum atomic E-state index is -1.64. The lowest BCUT2D eigenvalue weighted by molar-refractivity contribution is -0.148. The van der Waals surface area contributed by atoms with Crippen LogP contribution in [0.3, 0.4) is 0 Å². The topological polar surface area (TPSA) is 302 Å². The van der Waals surface area contributed by atoms with Crippen molar-refractivity contribution < 1.29 is 53.4 Å². The summed E-state index contributed by atoms with van der Waals surface area (Å²) in [5.74, 6) is -6.02. The summed E-state index contributed by atoms with van der Waals surface area (Å²) in [6.45, 7) is 5.02. The number of aliphatic hydroxyl groups excluding tert-OH is 2. The van der Waals surface area contributed by atoms with E-state index in [-0.39, 0.29) is 19.0 Å². The van der Waals surface area contributed by atoms with Crippen LogP contribution < -0.4 is 37.6 Å². The number of nitrogens with two attached hydrogens (primary N) is 1. The largest absolute Gasteiger partial charge is 0.394 e. The van der Waals surface area contributed by atoms with Crippen LogP contribution in [0, 0.1) is 0 Å². The van der Waals surface area contributed by atoms with Gasteiger partial charge in [0, 0.05) is 19.6 Å². The van der Waals surface area contributed by atoms with Crippen molar-refractivity contribution in [3.05, 3.63) is 0 Å². The number of hydrogen-bond acceptors (Lipinski definition) is 12. The Hall–Kier alpha value is -4.89. The molecule has 9 atom stereocenters. The Morgan fingerprint density at radius 1 is 0.673 bits per heavy atom. The number of primary amides is 1. The van der Waals surface area contributed by atoms with Crippen LogP contribution in [0.1, 0.15) is 66.2 Å². The molecule has 21 heteroatoms. The van der Waals surface area contributed by atoms with Crippen LogP contribution in [0.15, 0.2) is 0 Å². The van der Waals surface area contributed by atoms with Crippen molar-refractivity contribution in [3.63, 3.8) is 0 Å². The minimum absolute atomic E-state index is 0.195. The van der Waals surface area contributed by atoms with E-state index >= 15 is 0 Å². The fourth-order valence-corrected chi connectivity index (χ4v) is 6.84. The second-order valence-electron chi connectivity index (χ2n) is 14.2. The molecule has 0 radical (unpaired) electrons. The Labute approximate surface area is 319 Å². The number of aliphatic hydroxyl groups is 2. The second kappa shape index (κ2) is 20.1. The molecule has 0 aromatic heterocycles. The molecule has 9 amide bonds. The summed E-state index contributed by atoms with van der Waals surface area (Å²) in [7, 11) is 1.62. The fourth-order valence-electron chi connectivity index (χ4n) is 6.84. The summed E-state index contributed by atoms with van der Waals surface area (Å²) in [5, 5.41) is 35.0. The Morgan fingerprint density at radius 2 is 1.20 bits per heavy atom. The molecule has 0 saturated carbocycles. The molecule has 0 aromatic rings. The van der Waals surface area contributed by atoms with Gasteiger partial charge in [0.25, 0.3) is 0 Å². The van der Waals surface area contributed by atoms with E-state index in [4.69, 9.17) is 5.73 Å². The predicted octanol–water partition coefficient (Wildman–Crippen LogP) is -5.48. The molecule has 0 aromatic carbocycles. The van der Waals surface area contributed by atoms with Crippen molar-refractivity contribution >= 4 is 53.2 Å². The third-order valence-electron chi connectivity index (χ3n) is 10.1. The van der Waals surface area contributed by atoms with E-state index in [0.29, 0.717) is 45.1 Å². The molecular weight excluding hydrogens is 724 g/mol. The smallest absolute Gasteiger partial charge is 0.246 e. The number of carbonyl (C=O) groups excluding carboxylic acids is 9. The van der Waals surface area contributed by atoms with E-state index in [1.54, 1.807) is 14.0 Å². The van der Waals surface area contributed by atoms with Gasteiger partial charge in [-0.1, -0.05) is 0 Å². The molecule has 3 aliphatic rings. The number of hydrogen-bond donors (Lipinski definition) is 9. The van der Waals surface area contributed by atoms with E-state index in [1.807, 2.05) is 0 Å². The molecule has 21 nitrogen and oxygen atoms in total. The Morgan fingerprint density at radius 3 is 1.75 bits per heavy atom. The first kappa shape index (κ1) is 44.5. The van der Waals surface area contributed by atoms with Gasteiger partial charge in [0.2, 0.25) is 53.2 Å². The van der Waals surface area contributed by atoms with Gasteiger partial charge >= 0.3 is 0 Å². The van der Waals surface area contributed by atoms with Crippen molar-refractivity contribution in [3.8, 4) is 0 Å². The summed E-state index contributed by atoms with van der Waals surface area (Å²) in [5.41, 5.74) is 5.25. The van der Waals surface area contributed by atoms with Gasteiger partial charge in [-0.25, -0.2) is 0 Å². The van der Waals surface area contributed by atoms with Gasteiger partial charge in [0.1, 0.15) is 42.3 Å². The van der Waals surface area contributed by atoms with E-state index in [9.17, 15) is 53.4 Å². The standard InChI is InChI=1S/C34H56N10O11/c1-17(27(35)48)38-30(51)23-10-7-13-43(23)34(55)24-11-8-14-44(24)33(54)19(3)39-31(52)26(20(4)46)41-28(49)21(16-45)40-25(47)15-37-29(50)22-9-6-12-42(22)32(53)18(2)36-5/h17-24,26,36,45-46H,6-16H2,1-5H3,(H2,35,48)(H,37,50)(H,38,51)(H,39,52)(H,40,47)(H,41,49). The molecule has 10 N–H and O–H groups in total. The summed E-state index contributed by atoms with van der Waals surface area (Å²) in [6, 6.07) is -8.45. The van der Waals surface area contributed by atoms with Crippen molar-refractivity contribution in [2.45, 2.75) is 121 Å². The molecule has 9 unspecified atom stereocenters. The van der Waals surface area contributed by atoms with E-state index < -0.39 is 115 Å². The third-order valence-corrected chi connectivity index (χ3v) is 10.1. The Bertz CT molecular complexity index is 1480. The van der Waals surface area contributed by atoms with Crippen molar-refractivity contribution in [1.82, 2.24) is 46.6 Å². The first-order valence-corrected chi connectivity index (χ1v) is 18.6. The third kappa shape index (κ3) is 11.3.